The summed E-state index contributed by atoms with van der Waals surface area (Å²) < 4.78 is 11.4. The smallest absolute Gasteiger partial charge is 0.238 e. The van der Waals surface area contributed by atoms with Crippen LogP contribution >= 0.6 is 0 Å². The molecule has 2 amide bonds. The Labute approximate surface area is 160 Å². The van der Waals surface area contributed by atoms with Crippen molar-refractivity contribution in [2.45, 2.75) is 44.3 Å². The molecule has 1 aliphatic carbocycles. The van der Waals surface area contributed by atoms with E-state index < -0.39 is 11.2 Å². The lowest BCUT2D eigenvalue weighted by Gasteiger charge is -2.38. The van der Waals surface area contributed by atoms with E-state index in [2.05, 4.69) is 17.4 Å². The summed E-state index contributed by atoms with van der Waals surface area (Å²) >= 11 is 0. The number of hydrogen-bond donors (Lipinski definition) is 1. The number of nitrogens with one attached hydrogen (secondary N) is 1. The molecule has 1 saturated carbocycles. The van der Waals surface area contributed by atoms with Crippen molar-refractivity contribution in [1.82, 2.24) is 10.2 Å². The molecular weight excluding hydrogens is 344 g/mol. The van der Waals surface area contributed by atoms with E-state index in [1.807, 2.05) is 23.1 Å². The van der Waals surface area contributed by atoms with Crippen LogP contribution in [-0.2, 0) is 25.5 Å². The van der Waals surface area contributed by atoms with Gasteiger partial charge in [-0.15, -0.1) is 0 Å². The number of likely N-dealkylation sites (tertiary alicyclic amines) is 1. The summed E-state index contributed by atoms with van der Waals surface area (Å²) in [5, 5.41) is 2.99. The maximum Gasteiger partial charge on any atom is 0.238 e. The Morgan fingerprint density at radius 3 is 2.30 bits per heavy atom. The molecule has 0 radical (unpaired) electrons. The molecular formula is C21H28N2O4. The van der Waals surface area contributed by atoms with E-state index in [4.69, 9.17) is 9.47 Å². The van der Waals surface area contributed by atoms with E-state index in [1.165, 1.54) is 5.56 Å². The molecule has 0 atom stereocenters. The van der Waals surface area contributed by atoms with E-state index in [0.717, 1.165) is 12.8 Å². The Morgan fingerprint density at radius 1 is 1.00 bits per heavy atom. The van der Waals surface area contributed by atoms with Crippen LogP contribution in [0.25, 0.3) is 0 Å². The number of rotatable bonds is 6. The van der Waals surface area contributed by atoms with Gasteiger partial charge in [-0.25, -0.2) is 0 Å². The molecule has 6 nitrogen and oxygen atoms in total. The number of hydrogen-bond acceptors (Lipinski definition) is 4. The number of benzene rings is 1. The summed E-state index contributed by atoms with van der Waals surface area (Å²) in [4.78, 5) is 27.5. The van der Waals surface area contributed by atoms with Gasteiger partial charge in [0.05, 0.1) is 13.2 Å². The van der Waals surface area contributed by atoms with Gasteiger partial charge in [-0.2, -0.15) is 0 Å². The molecule has 146 valence electrons. The molecule has 1 N–H and O–H groups in total. The molecule has 1 aromatic carbocycles. The van der Waals surface area contributed by atoms with Gasteiger partial charge in [-0.05, 0) is 31.2 Å². The summed E-state index contributed by atoms with van der Waals surface area (Å²) in [6, 6.07) is 10.2. The van der Waals surface area contributed by atoms with Crippen LogP contribution in [-0.4, -0.2) is 55.3 Å². The third-order valence-corrected chi connectivity index (χ3v) is 5.99. The van der Waals surface area contributed by atoms with Crippen molar-refractivity contribution < 1.29 is 19.1 Å². The van der Waals surface area contributed by atoms with Crippen LogP contribution in [0.15, 0.2) is 30.3 Å². The summed E-state index contributed by atoms with van der Waals surface area (Å²) in [6.07, 6.45) is 4.49. The first-order valence-corrected chi connectivity index (χ1v) is 10.0. The molecule has 0 bridgehead atoms. The lowest BCUT2D eigenvalue weighted by Crippen LogP contribution is -2.52. The summed E-state index contributed by atoms with van der Waals surface area (Å²) in [6.45, 7) is 3.06. The summed E-state index contributed by atoms with van der Waals surface area (Å²) in [5.41, 5.74) is 0.441. The zero-order chi connectivity index (χ0) is 18.7. The lowest BCUT2D eigenvalue weighted by molar-refractivity contribution is -0.188. The largest absolute Gasteiger partial charge is 0.355 e. The zero-order valence-corrected chi connectivity index (χ0v) is 15.7. The second-order valence-corrected chi connectivity index (χ2v) is 7.83. The molecule has 6 heteroatoms. The minimum Gasteiger partial charge on any atom is -0.355 e. The fourth-order valence-corrected chi connectivity index (χ4v) is 4.11. The molecule has 3 aliphatic rings. The highest BCUT2D eigenvalue weighted by Gasteiger charge is 2.58. The zero-order valence-electron chi connectivity index (χ0n) is 15.7. The molecule has 27 heavy (non-hydrogen) atoms. The number of carbonyl (C=O) groups is 2. The maximum atomic E-state index is 13.0. The first kappa shape index (κ1) is 18.4. The third-order valence-electron chi connectivity index (χ3n) is 5.99. The van der Waals surface area contributed by atoms with Crippen molar-refractivity contribution in [2.24, 2.45) is 5.41 Å². The highest BCUT2D eigenvalue weighted by Crippen LogP contribution is 2.48. The standard InChI is InChI=1S/C21H28N2O4/c24-18(22-12-4-7-17-5-2-1-3-6-17)20(8-9-20)19(25)23-13-10-21(11-14-23)26-15-16-27-21/h1-3,5-6H,4,7-16H2,(H,22,24). The van der Waals surface area contributed by atoms with Gasteiger partial charge < -0.3 is 19.7 Å². The number of amides is 2. The minimum absolute atomic E-state index is 0.0177. The first-order valence-electron chi connectivity index (χ1n) is 10.0. The second-order valence-electron chi connectivity index (χ2n) is 7.83. The van der Waals surface area contributed by atoms with Gasteiger partial charge in [-0.3, -0.25) is 9.59 Å². The number of piperidine rings is 1. The monoisotopic (exact) mass is 372 g/mol. The van der Waals surface area contributed by atoms with Crippen LogP contribution in [0.3, 0.4) is 0 Å². The van der Waals surface area contributed by atoms with Crippen molar-refractivity contribution >= 4 is 11.8 Å². The highest BCUT2D eigenvalue weighted by molar-refractivity contribution is 6.07. The van der Waals surface area contributed by atoms with Crippen molar-refractivity contribution in [2.75, 3.05) is 32.8 Å². The normalized spacial score (nSPS) is 22.6. The third kappa shape index (κ3) is 3.87. The van der Waals surface area contributed by atoms with Gasteiger partial charge in [0.1, 0.15) is 5.41 Å². The SMILES string of the molecule is O=C(NCCCc1ccccc1)C1(C(=O)N2CCC3(CC2)OCCO3)CC1. The van der Waals surface area contributed by atoms with Crippen molar-refractivity contribution in [3.8, 4) is 0 Å². The Kier molecular flexibility index (Phi) is 5.19. The van der Waals surface area contributed by atoms with E-state index in [1.54, 1.807) is 0 Å². The lowest BCUT2D eigenvalue weighted by atomic mass is 9.98. The quantitative estimate of drug-likeness (QED) is 0.612. The maximum absolute atomic E-state index is 13.0. The average Bonchev–Trinajstić information content (AvgIpc) is 3.41. The average molecular weight is 372 g/mol. The molecule has 3 fully saturated rings. The number of ether oxygens (including phenoxy) is 2. The predicted molar refractivity (Wildman–Crippen MR) is 99.9 cm³/mol. The van der Waals surface area contributed by atoms with Gasteiger partial charge in [0, 0.05) is 32.5 Å². The Bertz CT molecular complexity index is 671. The topological polar surface area (TPSA) is 67.9 Å². The Morgan fingerprint density at radius 2 is 1.67 bits per heavy atom. The van der Waals surface area contributed by atoms with Crippen LogP contribution in [0.2, 0.25) is 0 Å². The minimum atomic E-state index is -0.825. The summed E-state index contributed by atoms with van der Waals surface area (Å²) in [5.74, 6) is -0.613. The van der Waals surface area contributed by atoms with E-state index in [-0.39, 0.29) is 11.8 Å². The van der Waals surface area contributed by atoms with Gasteiger partial charge in [0.25, 0.3) is 0 Å². The molecule has 4 rings (SSSR count). The van der Waals surface area contributed by atoms with Gasteiger partial charge in [0.2, 0.25) is 11.8 Å². The Hall–Kier alpha value is -1.92. The van der Waals surface area contributed by atoms with Crippen LogP contribution in [0.4, 0.5) is 0 Å². The van der Waals surface area contributed by atoms with Crippen LogP contribution in [0.5, 0.6) is 0 Å². The van der Waals surface area contributed by atoms with Crippen LogP contribution < -0.4 is 5.32 Å². The molecule has 2 heterocycles. The predicted octanol–water partition coefficient (Wildman–Crippen LogP) is 1.88. The molecule has 2 saturated heterocycles. The van der Waals surface area contributed by atoms with E-state index >= 15 is 0 Å². The molecule has 0 aromatic heterocycles. The van der Waals surface area contributed by atoms with Crippen molar-refractivity contribution in [3.05, 3.63) is 35.9 Å². The highest BCUT2D eigenvalue weighted by atomic mass is 16.7. The van der Waals surface area contributed by atoms with E-state index in [9.17, 15) is 9.59 Å². The molecule has 1 spiro atoms. The molecule has 1 aromatic rings. The van der Waals surface area contributed by atoms with Gasteiger partial charge >= 0.3 is 0 Å². The molecule has 0 unspecified atom stereocenters. The van der Waals surface area contributed by atoms with Crippen LogP contribution in [0, 0.1) is 5.41 Å². The number of nitrogens with zero attached hydrogens (tertiary/aromatic N) is 1. The van der Waals surface area contributed by atoms with Crippen LogP contribution in [0.1, 0.15) is 37.7 Å². The van der Waals surface area contributed by atoms with Crippen molar-refractivity contribution in [1.29, 1.82) is 0 Å². The fourth-order valence-electron chi connectivity index (χ4n) is 4.11. The Balaban J connectivity index is 1.24. The fraction of sp³-hybridized carbons (Fsp3) is 0.619. The van der Waals surface area contributed by atoms with Crippen molar-refractivity contribution in [3.63, 3.8) is 0 Å². The summed E-state index contributed by atoms with van der Waals surface area (Å²) in [7, 11) is 0. The number of aryl methyl sites for hydroxylation is 1. The first-order chi connectivity index (χ1) is 13.1. The van der Waals surface area contributed by atoms with Gasteiger partial charge in [-0.1, -0.05) is 30.3 Å². The number of carbonyl (C=O) groups excluding carboxylic acids is 2. The van der Waals surface area contributed by atoms with E-state index in [0.29, 0.717) is 58.5 Å². The molecule has 2 aliphatic heterocycles. The van der Waals surface area contributed by atoms with Gasteiger partial charge in [0.15, 0.2) is 5.79 Å². The second kappa shape index (κ2) is 7.60.